The normalized spacial score (nSPS) is 23.8. The van der Waals surface area contributed by atoms with Gasteiger partial charge < -0.3 is 20.5 Å². The Bertz CT molecular complexity index is 661. The van der Waals surface area contributed by atoms with Crippen LogP contribution in [-0.4, -0.2) is 30.3 Å². The molecule has 4 N–H and O–H groups in total. The topological polar surface area (TPSA) is 58.1 Å². The minimum Gasteiger partial charge on any atom is -0.504 e. The minimum absolute atomic E-state index is 0.183. The molecule has 2 unspecified atom stereocenters. The molecule has 0 saturated carbocycles. The van der Waals surface area contributed by atoms with E-state index in [1.165, 1.54) is 11.1 Å². The van der Waals surface area contributed by atoms with Crippen molar-refractivity contribution in [2.24, 2.45) is 0 Å². The molecule has 0 aromatic heterocycles. The molecule has 4 nitrogen and oxygen atoms in total. The van der Waals surface area contributed by atoms with Gasteiger partial charge in [0.1, 0.15) is 11.8 Å². The van der Waals surface area contributed by atoms with Crippen molar-refractivity contribution in [2.75, 3.05) is 13.1 Å². The van der Waals surface area contributed by atoms with Gasteiger partial charge in [0, 0.05) is 13.0 Å². The van der Waals surface area contributed by atoms with E-state index in [0.29, 0.717) is 17.8 Å². The van der Waals surface area contributed by atoms with E-state index in [0.717, 1.165) is 31.7 Å². The van der Waals surface area contributed by atoms with Crippen molar-refractivity contribution >= 4 is 0 Å². The van der Waals surface area contributed by atoms with E-state index in [2.05, 4.69) is 22.8 Å². The first-order valence-corrected chi connectivity index (χ1v) is 7.92. The molecule has 1 fully saturated rings. The number of hydrogen-bond donors (Lipinski definition) is 3. The maximum atomic E-state index is 10.0. The SMILES string of the molecule is Oc1ccc2cc1Oc1ccc(cc1)CC1CNC(C[NH2+]1)C2. The highest BCUT2D eigenvalue weighted by atomic mass is 16.5. The van der Waals surface area contributed by atoms with Crippen molar-refractivity contribution in [1.82, 2.24) is 5.32 Å². The summed E-state index contributed by atoms with van der Waals surface area (Å²) in [5.41, 5.74) is 2.51. The highest BCUT2D eigenvalue weighted by Gasteiger charge is 2.24. The fraction of sp³-hybridized carbons (Fsp3) is 0.333. The Kier molecular flexibility index (Phi) is 3.48. The molecule has 0 radical (unpaired) electrons. The summed E-state index contributed by atoms with van der Waals surface area (Å²) in [5.74, 6) is 1.48. The number of nitrogens with one attached hydrogen (secondary N) is 1. The monoisotopic (exact) mass is 297 g/mol. The lowest BCUT2D eigenvalue weighted by Crippen LogP contribution is -2.97. The van der Waals surface area contributed by atoms with E-state index in [9.17, 15) is 5.11 Å². The van der Waals surface area contributed by atoms with Gasteiger partial charge >= 0.3 is 0 Å². The number of benzene rings is 2. The van der Waals surface area contributed by atoms with Gasteiger partial charge in [-0.2, -0.15) is 0 Å². The van der Waals surface area contributed by atoms with Gasteiger partial charge in [0.15, 0.2) is 11.5 Å². The largest absolute Gasteiger partial charge is 0.504 e. The lowest BCUT2D eigenvalue weighted by Gasteiger charge is -2.29. The van der Waals surface area contributed by atoms with E-state index in [1.54, 1.807) is 6.07 Å². The fourth-order valence-electron chi connectivity index (χ4n) is 3.33. The summed E-state index contributed by atoms with van der Waals surface area (Å²) in [6.45, 7) is 2.12. The van der Waals surface area contributed by atoms with Crippen LogP contribution in [0.15, 0.2) is 42.5 Å². The van der Waals surface area contributed by atoms with Crippen LogP contribution in [0.2, 0.25) is 0 Å². The summed E-state index contributed by atoms with van der Waals surface area (Å²) < 4.78 is 5.85. The van der Waals surface area contributed by atoms with Crippen LogP contribution in [0.3, 0.4) is 0 Å². The predicted molar refractivity (Wildman–Crippen MR) is 84.4 cm³/mol. The van der Waals surface area contributed by atoms with Crippen LogP contribution in [0.1, 0.15) is 11.1 Å². The molecule has 114 valence electrons. The maximum absolute atomic E-state index is 10.0. The number of phenolic OH excluding ortho intramolecular Hbond substituents is 1. The van der Waals surface area contributed by atoms with Crippen LogP contribution < -0.4 is 15.4 Å². The third-order valence-electron chi connectivity index (χ3n) is 4.58. The van der Waals surface area contributed by atoms with Crippen molar-refractivity contribution in [3.63, 3.8) is 0 Å². The molecule has 5 aliphatic heterocycles. The zero-order chi connectivity index (χ0) is 14.9. The van der Waals surface area contributed by atoms with Gasteiger partial charge in [0.25, 0.3) is 0 Å². The Morgan fingerprint density at radius 2 is 1.86 bits per heavy atom. The van der Waals surface area contributed by atoms with Crippen LogP contribution in [-0.2, 0) is 12.8 Å². The molecule has 7 rings (SSSR count). The summed E-state index contributed by atoms with van der Waals surface area (Å²) in [4.78, 5) is 0. The molecule has 0 spiro atoms. The first-order chi connectivity index (χ1) is 10.8. The highest BCUT2D eigenvalue weighted by Crippen LogP contribution is 2.32. The molecule has 5 heterocycles. The smallest absolute Gasteiger partial charge is 0.169 e. The predicted octanol–water partition coefficient (Wildman–Crippen LogP) is 1.19. The number of nitrogens with two attached hydrogens (primary N) is 1. The average Bonchev–Trinajstić information content (AvgIpc) is 2.54. The van der Waals surface area contributed by atoms with Gasteiger partial charge in [-0.25, -0.2) is 0 Å². The number of ether oxygens (including phenoxy) is 1. The van der Waals surface area contributed by atoms with Gasteiger partial charge in [-0.05, 0) is 41.8 Å². The van der Waals surface area contributed by atoms with Crippen molar-refractivity contribution in [1.29, 1.82) is 0 Å². The second kappa shape index (κ2) is 5.63. The summed E-state index contributed by atoms with van der Waals surface area (Å²) in [6.07, 6.45) is 2.02. The second-order valence-corrected chi connectivity index (χ2v) is 6.29. The zero-order valence-corrected chi connectivity index (χ0v) is 12.5. The van der Waals surface area contributed by atoms with Gasteiger partial charge in [-0.3, -0.25) is 0 Å². The van der Waals surface area contributed by atoms with E-state index >= 15 is 0 Å². The number of rotatable bonds is 0. The zero-order valence-electron chi connectivity index (χ0n) is 12.5. The highest BCUT2D eigenvalue weighted by molar-refractivity contribution is 5.45. The molecule has 0 aliphatic carbocycles. The molecule has 2 atom stereocenters. The molecule has 2 aromatic carbocycles. The molecule has 6 bridgehead atoms. The van der Waals surface area contributed by atoms with Crippen molar-refractivity contribution < 1.29 is 15.2 Å². The summed E-state index contributed by atoms with van der Waals surface area (Å²) >= 11 is 0. The van der Waals surface area contributed by atoms with Crippen LogP contribution in [0, 0.1) is 0 Å². The van der Waals surface area contributed by atoms with Crippen LogP contribution in [0.5, 0.6) is 17.2 Å². The number of quaternary nitrogens is 1. The molecular formula is C18H21N2O2+. The quantitative estimate of drug-likeness (QED) is 0.684. The second-order valence-electron chi connectivity index (χ2n) is 6.29. The van der Waals surface area contributed by atoms with Gasteiger partial charge in [-0.15, -0.1) is 0 Å². The summed E-state index contributed by atoms with van der Waals surface area (Å²) in [7, 11) is 0. The first-order valence-electron chi connectivity index (χ1n) is 7.92. The fourth-order valence-corrected chi connectivity index (χ4v) is 3.33. The third-order valence-corrected chi connectivity index (χ3v) is 4.58. The number of aromatic hydroxyl groups is 1. The number of phenols is 1. The molecule has 4 heteroatoms. The molecule has 2 aromatic rings. The van der Waals surface area contributed by atoms with Crippen molar-refractivity contribution in [3.8, 4) is 17.2 Å². The molecule has 5 aliphatic rings. The average molecular weight is 297 g/mol. The van der Waals surface area contributed by atoms with E-state index in [4.69, 9.17) is 4.74 Å². The van der Waals surface area contributed by atoms with Gasteiger partial charge in [-0.1, -0.05) is 18.2 Å². The number of hydrogen-bond acceptors (Lipinski definition) is 3. The van der Waals surface area contributed by atoms with Crippen LogP contribution in [0.25, 0.3) is 0 Å². The maximum Gasteiger partial charge on any atom is 0.169 e. The number of piperazine rings is 1. The van der Waals surface area contributed by atoms with E-state index in [-0.39, 0.29) is 5.75 Å². The first kappa shape index (κ1) is 13.6. The lowest BCUT2D eigenvalue weighted by atomic mass is 9.99. The Morgan fingerprint density at radius 1 is 1.05 bits per heavy atom. The van der Waals surface area contributed by atoms with Crippen molar-refractivity contribution in [2.45, 2.75) is 24.9 Å². The van der Waals surface area contributed by atoms with Gasteiger partial charge in [0.2, 0.25) is 0 Å². The Hall–Kier alpha value is -2.04. The molecule has 0 amide bonds. The van der Waals surface area contributed by atoms with Crippen LogP contribution in [0.4, 0.5) is 0 Å². The molecule has 1 saturated heterocycles. The standard InChI is InChI=1S/C18H20N2O2/c21-17-6-3-13-8-15-11-19-14(10-20-15)7-12-1-4-16(5-2-12)22-18(17)9-13/h1-6,9,14-15,19-21H,7-8,10-11H2/p+1. The van der Waals surface area contributed by atoms with E-state index in [1.807, 2.05) is 24.3 Å². The Balaban J connectivity index is 1.73. The summed E-state index contributed by atoms with van der Waals surface area (Å²) in [6, 6.07) is 14.9. The molecular weight excluding hydrogens is 276 g/mol. The van der Waals surface area contributed by atoms with E-state index < -0.39 is 0 Å². The van der Waals surface area contributed by atoms with Gasteiger partial charge in [0.05, 0.1) is 12.6 Å². The van der Waals surface area contributed by atoms with Crippen molar-refractivity contribution in [3.05, 3.63) is 53.6 Å². The minimum atomic E-state index is 0.183. The summed E-state index contributed by atoms with van der Waals surface area (Å²) in [5, 5.41) is 16.1. The third kappa shape index (κ3) is 2.80. The Labute approximate surface area is 130 Å². The lowest BCUT2D eigenvalue weighted by molar-refractivity contribution is -0.697. The molecule has 22 heavy (non-hydrogen) atoms. The van der Waals surface area contributed by atoms with Crippen LogP contribution >= 0.6 is 0 Å². The Morgan fingerprint density at radius 3 is 2.64 bits per heavy atom.